The van der Waals surface area contributed by atoms with Gasteiger partial charge in [-0.1, -0.05) is 30.3 Å². The van der Waals surface area contributed by atoms with E-state index in [1.165, 1.54) is 0 Å². The van der Waals surface area contributed by atoms with Gasteiger partial charge in [0.2, 0.25) is 0 Å². The van der Waals surface area contributed by atoms with Gasteiger partial charge in [-0.3, -0.25) is 0 Å². The molecule has 0 aliphatic carbocycles. The number of aliphatic imine (C=N–C) groups is 1. The summed E-state index contributed by atoms with van der Waals surface area (Å²) in [6.07, 6.45) is 0. The van der Waals surface area contributed by atoms with Crippen LogP contribution in [0.4, 0.5) is 5.69 Å². The van der Waals surface area contributed by atoms with Crippen LogP contribution in [-0.2, 0) is 6.61 Å². The van der Waals surface area contributed by atoms with E-state index in [2.05, 4.69) is 16.0 Å². The molecule has 27 heavy (non-hydrogen) atoms. The molecule has 0 aliphatic heterocycles. The predicted octanol–water partition coefficient (Wildman–Crippen LogP) is 5.53. The van der Waals surface area contributed by atoms with Crippen LogP contribution in [0.15, 0.2) is 83.2 Å². The van der Waals surface area contributed by atoms with Gasteiger partial charge in [-0.25, -0.2) is 9.98 Å². The normalized spacial score (nSPS) is 11.2. The first kappa shape index (κ1) is 19.3. The maximum atomic E-state index is 6.01. The number of amidine groups is 1. The lowest BCUT2D eigenvalue weighted by atomic mass is 10.2. The molecule has 4 aromatic rings. The highest BCUT2D eigenvalue weighted by Gasteiger charge is 2.02. The van der Waals surface area contributed by atoms with Crippen LogP contribution in [0.25, 0.3) is 10.9 Å². The van der Waals surface area contributed by atoms with Crippen molar-refractivity contribution in [3.8, 4) is 5.75 Å². The Labute approximate surface area is 178 Å². The van der Waals surface area contributed by atoms with Crippen LogP contribution in [0.1, 0.15) is 10.6 Å². The lowest BCUT2D eigenvalue weighted by Crippen LogP contribution is -2.10. The molecule has 2 aromatic carbocycles. The Morgan fingerprint density at radius 1 is 0.963 bits per heavy atom. The van der Waals surface area contributed by atoms with Crippen molar-refractivity contribution >= 4 is 57.7 Å². The number of benzene rings is 2. The van der Waals surface area contributed by atoms with E-state index in [0.29, 0.717) is 12.4 Å². The number of fused-ring (bicyclic) bond motifs is 1. The summed E-state index contributed by atoms with van der Waals surface area (Å²) in [5.74, 6) is 1.29. The Hall–Kier alpha value is -2.45. The molecule has 4 rings (SSSR count). The molecule has 136 valence electrons. The lowest BCUT2D eigenvalue weighted by molar-refractivity contribution is 0.302. The van der Waals surface area contributed by atoms with E-state index in [4.69, 9.17) is 10.5 Å². The van der Waals surface area contributed by atoms with Gasteiger partial charge in [-0.05, 0) is 47.8 Å². The predicted molar refractivity (Wildman–Crippen MR) is 123 cm³/mol. The van der Waals surface area contributed by atoms with Crippen LogP contribution in [0.5, 0.6) is 5.75 Å². The number of nitrogens with zero attached hydrogens (tertiary/aromatic N) is 2. The third kappa shape index (κ3) is 4.84. The lowest BCUT2D eigenvalue weighted by Gasteiger charge is -2.07. The minimum atomic E-state index is 0. The van der Waals surface area contributed by atoms with Gasteiger partial charge in [0.1, 0.15) is 18.2 Å². The van der Waals surface area contributed by atoms with Crippen LogP contribution in [0, 0.1) is 0 Å². The van der Waals surface area contributed by atoms with Crippen LogP contribution in [0.3, 0.4) is 0 Å². The second kappa shape index (κ2) is 8.96. The summed E-state index contributed by atoms with van der Waals surface area (Å²) in [6, 6.07) is 23.6. The Kier molecular flexibility index (Phi) is 6.41. The summed E-state index contributed by atoms with van der Waals surface area (Å²) in [5, 5.41) is 3.11. The van der Waals surface area contributed by atoms with Crippen LogP contribution in [-0.4, -0.2) is 10.8 Å². The second-order valence-corrected chi connectivity index (χ2v) is 6.70. The number of nitrogens with two attached hydrogens (primary N) is 1. The van der Waals surface area contributed by atoms with Gasteiger partial charge in [0.05, 0.1) is 21.8 Å². The summed E-state index contributed by atoms with van der Waals surface area (Å²) in [5.41, 5.74) is 8.68. The molecule has 0 atom stereocenters. The van der Waals surface area contributed by atoms with Gasteiger partial charge < -0.3 is 10.5 Å². The fourth-order valence-corrected chi connectivity index (χ4v) is 3.21. The average Bonchev–Trinajstić information content (AvgIpc) is 3.22. The number of halogens is 1. The van der Waals surface area contributed by atoms with Crippen molar-refractivity contribution < 1.29 is 4.74 Å². The van der Waals surface area contributed by atoms with Crippen molar-refractivity contribution in [3.63, 3.8) is 0 Å². The number of para-hydroxylation sites is 1. The van der Waals surface area contributed by atoms with E-state index < -0.39 is 0 Å². The second-order valence-electron chi connectivity index (χ2n) is 5.75. The molecule has 0 fully saturated rings. The van der Waals surface area contributed by atoms with E-state index >= 15 is 0 Å². The molecule has 6 heteroatoms. The zero-order chi connectivity index (χ0) is 17.8. The van der Waals surface area contributed by atoms with Crippen molar-refractivity contribution in [2.75, 3.05) is 0 Å². The van der Waals surface area contributed by atoms with Gasteiger partial charge in [0, 0.05) is 5.39 Å². The number of thiophene rings is 1. The Bertz CT molecular complexity index is 1050. The van der Waals surface area contributed by atoms with Gasteiger partial charge in [-0.2, -0.15) is 0 Å². The maximum absolute atomic E-state index is 6.01. The monoisotopic (exact) mass is 487 g/mol. The molecule has 0 saturated carbocycles. The molecule has 0 amide bonds. The zero-order valence-electron chi connectivity index (χ0n) is 14.4. The SMILES string of the molecule is I.N/C(=N\c1ccc(OCc2ccc3ccccc3n2)cc1)c1cccs1. The fraction of sp³-hybridized carbons (Fsp3) is 0.0476. The minimum Gasteiger partial charge on any atom is -0.487 e. The molecular formula is C21H18IN3OS. The molecule has 0 radical (unpaired) electrons. The Morgan fingerprint density at radius 2 is 1.78 bits per heavy atom. The Balaban J connectivity index is 0.00000210. The molecular weight excluding hydrogens is 469 g/mol. The van der Waals surface area contributed by atoms with E-state index in [9.17, 15) is 0 Å². The maximum Gasteiger partial charge on any atom is 0.141 e. The van der Waals surface area contributed by atoms with Crippen LogP contribution in [0.2, 0.25) is 0 Å². The third-order valence-electron chi connectivity index (χ3n) is 3.90. The first-order valence-electron chi connectivity index (χ1n) is 8.23. The summed E-state index contributed by atoms with van der Waals surface area (Å²) in [7, 11) is 0. The average molecular weight is 487 g/mol. The van der Waals surface area contributed by atoms with Gasteiger partial charge >= 0.3 is 0 Å². The smallest absolute Gasteiger partial charge is 0.141 e. The molecule has 2 heterocycles. The highest BCUT2D eigenvalue weighted by Crippen LogP contribution is 2.21. The van der Waals surface area contributed by atoms with Crippen molar-refractivity contribution in [3.05, 3.63) is 88.7 Å². The third-order valence-corrected chi connectivity index (χ3v) is 4.80. The van der Waals surface area contributed by atoms with E-state index in [-0.39, 0.29) is 24.0 Å². The largest absolute Gasteiger partial charge is 0.487 e. The van der Waals surface area contributed by atoms with Crippen molar-refractivity contribution in [2.24, 2.45) is 10.7 Å². The summed E-state index contributed by atoms with van der Waals surface area (Å²) < 4.78 is 5.83. The quantitative estimate of drug-likeness (QED) is 0.229. The zero-order valence-corrected chi connectivity index (χ0v) is 17.6. The molecule has 0 aliphatic rings. The molecule has 2 N–H and O–H groups in total. The number of pyridine rings is 1. The standard InChI is InChI=1S/C21H17N3OS.HI/c22-21(20-6-3-13-26-20)24-16-9-11-18(12-10-16)25-14-17-8-7-15-4-1-2-5-19(15)23-17;/h1-13H,14H2,(H2,22,24);1H. The van der Waals surface area contributed by atoms with E-state index in [1.54, 1.807) is 11.3 Å². The molecule has 4 nitrogen and oxygen atoms in total. The Morgan fingerprint density at radius 3 is 2.56 bits per heavy atom. The molecule has 0 spiro atoms. The van der Waals surface area contributed by atoms with E-state index in [0.717, 1.165) is 32.9 Å². The summed E-state index contributed by atoms with van der Waals surface area (Å²) in [4.78, 5) is 10.0. The summed E-state index contributed by atoms with van der Waals surface area (Å²) in [6.45, 7) is 0.421. The van der Waals surface area contributed by atoms with Crippen molar-refractivity contribution in [1.29, 1.82) is 0 Å². The van der Waals surface area contributed by atoms with Crippen LogP contribution >= 0.6 is 35.3 Å². The molecule has 0 saturated heterocycles. The molecule has 0 unspecified atom stereocenters. The number of hydrogen-bond donors (Lipinski definition) is 1. The highest BCUT2D eigenvalue weighted by molar-refractivity contribution is 14.0. The topological polar surface area (TPSA) is 60.5 Å². The van der Waals surface area contributed by atoms with E-state index in [1.807, 2.05) is 72.1 Å². The van der Waals surface area contributed by atoms with Gasteiger partial charge in [0.25, 0.3) is 0 Å². The number of aromatic nitrogens is 1. The first-order valence-corrected chi connectivity index (χ1v) is 9.11. The first-order chi connectivity index (χ1) is 12.8. The summed E-state index contributed by atoms with van der Waals surface area (Å²) >= 11 is 1.57. The number of rotatable bonds is 5. The van der Waals surface area contributed by atoms with Crippen LogP contribution < -0.4 is 10.5 Å². The van der Waals surface area contributed by atoms with Gasteiger partial charge in [0.15, 0.2) is 0 Å². The minimum absolute atomic E-state index is 0. The number of ether oxygens (including phenoxy) is 1. The van der Waals surface area contributed by atoms with Crippen molar-refractivity contribution in [1.82, 2.24) is 4.98 Å². The molecule has 0 bridgehead atoms. The highest BCUT2D eigenvalue weighted by atomic mass is 127. The van der Waals surface area contributed by atoms with Gasteiger partial charge in [-0.15, -0.1) is 35.3 Å². The fourth-order valence-electron chi connectivity index (χ4n) is 2.58. The van der Waals surface area contributed by atoms with Crippen molar-refractivity contribution in [2.45, 2.75) is 6.61 Å². The molecule has 2 aromatic heterocycles. The number of hydrogen-bond acceptors (Lipinski definition) is 4.